The molecule has 0 radical (unpaired) electrons. The molecule has 29 heavy (non-hydrogen) atoms. The van der Waals surface area contributed by atoms with Crippen LogP contribution in [0.25, 0.3) is 10.9 Å². The number of carbonyl (C=O) groups excluding carboxylic acids is 3. The first-order chi connectivity index (χ1) is 14.0. The summed E-state index contributed by atoms with van der Waals surface area (Å²) < 4.78 is 0. The Hall–Kier alpha value is -3.13. The highest BCUT2D eigenvalue weighted by Crippen LogP contribution is 2.25. The van der Waals surface area contributed by atoms with Gasteiger partial charge >= 0.3 is 0 Å². The van der Waals surface area contributed by atoms with Crippen LogP contribution < -0.4 is 5.59 Å². The normalized spacial score (nSPS) is 14.2. The first-order valence-electron chi connectivity index (χ1n) is 9.27. The van der Waals surface area contributed by atoms with Gasteiger partial charge < -0.3 is 14.8 Å². The van der Waals surface area contributed by atoms with Crippen LogP contribution in [0, 0.1) is 0 Å². The zero-order valence-corrected chi connectivity index (χ0v) is 16.6. The molecule has 0 aliphatic carbocycles. The van der Waals surface area contributed by atoms with Crippen LogP contribution in [-0.2, 0) is 4.79 Å². The summed E-state index contributed by atoms with van der Waals surface area (Å²) in [5.74, 6) is -1.29. The molecular formula is C20H18BClN4O3. The van der Waals surface area contributed by atoms with E-state index >= 15 is 0 Å². The molecule has 1 N–H and O–H groups in total. The summed E-state index contributed by atoms with van der Waals surface area (Å²) in [6, 6.07) is 9.01. The fourth-order valence-corrected chi connectivity index (χ4v) is 3.80. The van der Waals surface area contributed by atoms with Crippen LogP contribution >= 0.6 is 11.6 Å². The van der Waals surface area contributed by atoms with Gasteiger partial charge in [-0.25, -0.2) is 0 Å². The van der Waals surface area contributed by atoms with Crippen LogP contribution in [0.2, 0.25) is 5.02 Å². The number of nitrogens with zero attached hydrogens (tertiary/aromatic N) is 3. The highest BCUT2D eigenvalue weighted by Gasteiger charge is 2.30. The number of fused-ring (bicyclic) bond motifs is 1. The number of hydrogen-bond acceptors (Lipinski definition) is 4. The van der Waals surface area contributed by atoms with Crippen LogP contribution in [0.1, 0.15) is 20.7 Å². The molecule has 0 bridgehead atoms. The van der Waals surface area contributed by atoms with Crippen LogP contribution in [0.15, 0.2) is 42.7 Å². The van der Waals surface area contributed by atoms with Gasteiger partial charge in [-0.3, -0.25) is 19.4 Å². The highest BCUT2D eigenvalue weighted by atomic mass is 35.5. The maximum atomic E-state index is 12.8. The fraction of sp³-hybridized carbons (Fsp3) is 0.200. The molecule has 1 fully saturated rings. The summed E-state index contributed by atoms with van der Waals surface area (Å²) in [7, 11) is 1.80. The molecule has 3 heterocycles. The maximum absolute atomic E-state index is 12.8. The minimum Gasteiger partial charge on any atom is -0.360 e. The number of H-pyrrole nitrogens is 1. The highest BCUT2D eigenvalue weighted by molar-refractivity contribution is 6.48. The predicted molar refractivity (Wildman–Crippen MR) is 113 cm³/mol. The van der Waals surface area contributed by atoms with Crippen LogP contribution in [0.3, 0.4) is 0 Å². The van der Waals surface area contributed by atoms with Gasteiger partial charge in [0.05, 0.1) is 16.1 Å². The van der Waals surface area contributed by atoms with Gasteiger partial charge in [0.2, 0.25) is 0 Å². The number of carbonyl (C=O) groups is 3. The molecule has 1 aliphatic rings. The minimum atomic E-state index is -0.619. The quantitative estimate of drug-likeness (QED) is 0.391. The Morgan fingerprint density at radius 1 is 1.03 bits per heavy atom. The second-order valence-corrected chi connectivity index (χ2v) is 7.33. The summed E-state index contributed by atoms with van der Waals surface area (Å²) in [6.45, 7) is 1.37. The standard InChI is InChI=1S/C20H18BClN4O3/c21-18-16-15(14(22)11-24-18)13(10-23-16)17(27)20(29)26-8-6-25(7-9-26)19(28)12-4-2-1-3-5-12/h1-5,10-11,23H,6-9,21H2. The maximum Gasteiger partial charge on any atom is 0.295 e. The number of aromatic amines is 1. The van der Waals surface area contributed by atoms with Crippen molar-refractivity contribution in [2.45, 2.75) is 0 Å². The lowest BCUT2D eigenvalue weighted by atomic mass is 9.99. The van der Waals surface area contributed by atoms with Gasteiger partial charge in [-0.05, 0) is 12.1 Å². The van der Waals surface area contributed by atoms with E-state index in [1.54, 1.807) is 24.9 Å². The van der Waals surface area contributed by atoms with Crippen molar-refractivity contribution >= 4 is 53.5 Å². The molecular weight excluding hydrogens is 391 g/mol. The van der Waals surface area contributed by atoms with Gasteiger partial charge in [0.25, 0.3) is 17.6 Å². The van der Waals surface area contributed by atoms with Crippen LogP contribution in [0.5, 0.6) is 0 Å². The Morgan fingerprint density at radius 3 is 2.38 bits per heavy atom. The van der Waals surface area contributed by atoms with Gasteiger partial charge in [-0.1, -0.05) is 29.8 Å². The molecule has 2 aromatic heterocycles. The van der Waals surface area contributed by atoms with Crippen molar-refractivity contribution in [3.8, 4) is 0 Å². The van der Waals surface area contributed by atoms with Crippen molar-refractivity contribution < 1.29 is 14.4 Å². The van der Waals surface area contributed by atoms with E-state index in [-0.39, 0.29) is 11.5 Å². The monoisotopic (exact) mass is 408 g/mol. The van der Waals surface area contributed by atoms with E-state index < -0.39 is 11.7 Å². The number of rotatable bonds is 3. The zero-order valence-electron chi connectivity index (χ0n) is 15.8. The van der Waals surface area contributed by atoms with Gasteiger partial charge in [0.1, 0.15) is 0 Å². The van der Waals surface area contributed by atoms with E-state index in [0.717, 1.165) is 0 Å². The van der Waals surface area contributed by atoms with Crippen LogP contribution in [-0.4, -0.2) is 71.4 Å². The molecule has 7 nitrogen and oxygen atoms in total. The number of ketones is 1. The van der Waals surface area contributed by atoms with Crippen molar-refractivity contribution in [3.05, 3.63) is 58.9 Å². The Labute approximate surface area is 173 Å². The number of pyridine rings is 1. The van der Waals surface area contributed by atoms with E-state index in [9.17, 15) is 14.4 Å². The third kappa shape index (κ3) is 3.51. The molecule has 0 saturated carbocycles. The summed E-state index contributed by atoms with van der Waals surface area (Å²) in [6.07, 6.45) is 2.98. The summed E-state index contributed by atoms with van der Waals surface area (Å²) >= 11 is 6.22. The third-order valence-electron chi connectivity index (χ3n) is 5.17. The van der Waals surface area contributed by atoms with E-state index in [1.165, 1.54) is 17.3 Å². The number of hydrogen-bond donors (Lipinski definition) is 1. The molecule has 0 unspecified atom stereocenters. The predicted octanol–water partition coefficient (Wildman–Crippen LogP) is 0.642. The van der Waals surface area contributed by atoms with Gasteiger partial charge in [-0.15, -0.1) is 0 Å². The lowest BCUT2D eigenvalue weighted by Gasteiger charge is -2.34. The van der Waals surface area contributed by atoms with Crippen molar-refractivity contribution in [1.82, 2.24) is 19.8 Å². The topological polar surface area (TPSA) is 86.4 Å². The van der Waals surface area contributed by atoms with E-state index in [2.05, 4.69) is 9.97 Å². The second kappa shape index (κ2) is 7.71. The molecule has 4 rings (SSSR count). The number of aromatic nitrogens is 2. The Kier molecular flexibility index (Phi) is 5.11. The van der Waals surface area contributed by atoms with Gasteiger partial charge in [0, 0.05) is 55.1 Å². The molecule has 0 atom stereocenters. The number of nitrogens with one attached hydrogen (secondary N) is 1. The Morgan fingerprint density at radius 2 is 1.69 bits per heavy atom. The van der Waals surface area contributed by atoms with Crippen LogP contribution in [0.4, 0.5) is 0 Å². The molecule has 9 heteroatoms. The number of Topliss-reactive ketones (excluding diaryl/α,β-unsaturated/α-hetero) is 1. The first kappa shape index (κ1) is 19.2. The van der Waals surface area contributed by atoms with E-state index in [0.29, 0.717) is 53.3 Å². The minimum absolute atomic E-state index is 0.0737. The number of benzene rings is 1. The van der Waals surface area contributed by atoms with Crippen molar-refractivity contribution in [3.63, 3.8) is 0 Å². The SMILES string of the molecule is Bc1ncc(Cl)c2c(C(=O)C(=O)N3CCN(C(=O)c4ccccc4)CC3)c[nH]c12. The van der Waals surface area contributed by atoms with Crippen molar-refractivity contribution in [2.24, 2.45) is 0 Å². The Balaban J connectivity index is 1.47. The molecule has 0 spiro atoms. The number of halogens is 1. The number of piperazine rings is 1. The summed E-state index contributed by atoms with van der Waals surface area (Å²) in [5.41, 5.74) is 2.19. The Bertz CT molecular complexity index is 1110. The molecule has 146 valence electrons. The summed E-state index contributed by atoms with van der Waals surface area (Å²) in [4.78, 5) is 48.5. The molecule has 1 saturated heterocycles. The van der Waals surface area contributed by atoms with Crippen molar-refractivity contribution in [2.75, 3.05) is 26.2 Å². The van der Waals surface area contributed by atoms with E-state index in [4.69, 9.17) is 11.6 Å². The second-order valence-electron chi connectivity index (χ2n) is 6.92. The molecule has 1 aromatic carbocycles. The van der Waals surface area contributed by atoms with Gasteiger partial charge in [0.15, 0.2) is 7.85 Å². The average molecular weight is 409 g/mol. The summed E-state index contributed by atoms with van der Waals surface area (Å²) in [5, 5.41) is 0.830. The molecule has 3 aromatic rings. The lowest BCUT2D eigenvalue weighted by Crippen LogP contribution is -2.52. The van der Waals surface area contributed by atoms with Gasteiger partial charge in [-0.2, -0.15) is 0 Å². The average Bonchev–Trinajstić information content (AvgIpc) is 3.22. The largest absolute Gasteiger partial charge is 0.360 e. The third-order valence-corrected chi connectivity index (χ3v) is 5.45. The number of amides is 2. The van der Waals surface area contributed by atoms with Crippen molar-refractivity contribution in [1.29, 1.82) is 0 Å². The molecule has 2 amide bonds. The molecule has 1 aliphatic heterocycles. The first-order valence-corrected chi connectivity index (χ1v) is 9.65. The zero-order chi connectivity index (χ0) is 20.5. The fourth-order valence-electron chi connectivity index (χ4n) is 3.55. The lowest BCUT2D eigenvalue weighted by molar-refractivity contribution is -0.127. The smallest absolute Gasteiger partial charge is 0.295 e. The van der Waals surface area contributed by atoms with E-state index in [1.807, 2.05) is 18.2 Å².